The topological polar surface area (TPSA) is 52.5 Å². The highest BCUT2D eigenvalue weighted by Gasteiger charge is 2.21. The van der Waals surface area contributed by atoms with Gasteiger partial charge >= 0.3 is 0 Å². The fraction of sp³-hybridized carbons (Fsp3) is 0. The molecule has 0 saturated carbocycles. The summed E-state index contributed by atoms with van der Waals surface area (Å²) in [4.78, 5) is 0. The Hall–Kier alpha value is -6.94. The summed E-state index contributed by atoms with van der Waals surface area (Å²) < 4.78 is 2.35. The van der Waals surface area contributed by atoms with Crippen LogP contribution in [0, 0.1) is 22.7 Å². The fourth-order valence-corrected chi connectivity index (χ4v) is 7.50. The Labute approximate surface area is 283 Å². The summed E-state index contributed by atoms with van der Waals surface area (Å²) in [6.45, 7) is 0. The number of aromatic nitrogens is 1. The van der Waals surface area contributed by atoms with E-state index in [-0.39, 0.29) is 0 Å². The molecule has 0 spiro atoms. The first kappa shape index (κ1) is 28.3. The normalized spacial score (nSPS) is 11.2. The maximum atomic E-state index is 10.6. The predicted octanol–water partition coefficient (Wildman–Crippen LogP) is 11.8. The molecule has 0 unspecified atom stereocenters. The van der Waals surface area contributed by atoms with E-state index in [0.29, 0.717) is 11.1 Å². The molecule has 1 heterocycles. The quantitative estimate of drug-likeness (QED) is 0.184. The summed E-state index contributed by atoms with van der Waals surface area (Å²) >= 11 is 0. The van der Waals surface area contributed by atoms with Crippen molar-refractivity contribution in [2.24, 2.45) is 0 Å². The van der Waals surface area contributed by atoms with Crippen LogP contribution in [0.4, 0.5) is 0 Å². The molecule has 0 aliphatic carbocycles. The molecule has 0 atom stereocenters. The van der Waals surface area contributed by atoms with Gasteiger partial charge in [-0.3, -0.25) is 0 Å². The van der Waals surface area contributed by atoms with Gasteiger partial charge in [0.1, 0.15) is 0 Å². The first-order chi connectivity index (χ1) is 24.2. The Kier molecular flexibility index (Phi) is 6.58. The third kappa shape index (κ3) is 4.49. The zero-order valence-corrected chi connectivity index (χ0v) is 26.4. The zero-order chi connectivity index (χ0) is 32.9. The minimum absolute atomic E-state index is 0.612. The van der Waals surface area contributed by atoms with Crippen LogP contribution in [0.5, 0.6) is 0 Å². The summed E-state index contributed by atoms with van der Waals surface area (Å²) in [5.74, 6) is 0. The van der Waals surface area contributed by atoms with Crippen LogP contribution < -0.4 is 0 Å². The average Bonchev–Trinajstić information content (AvgIpc) is 3.51. The number of nitrogens with zero attached hydrogens (tertiary/aromatic N) is 3. The van der Waals surface area contributed by atoms with Crippen molar-refractivity contribution in [2.45, 2.75) is 0 Å². The van der Waals surface area contributed by atoms with Crippen molar-refractivity contribution >= 4 is 43.4 Å². The van der Waals surface area contributed by atoms with Crippen LogP contribution in [0.1, 0.15) is 11.1 Å². The summed E-state index contributed by atoms with van der Waals surface area (Å²) in [6, 6.07) is 61.5. The van der Waals surface area contributed by atoms with Gasteiger partial charge in [-0.1, -0.05) is 115 Å². The van der Waals surface area contributed by atoms with Crippen LogP contribution in [-0.4, -0.2) is 4.57 Å². The fourth-order valence-electron chi connectivity index (χ4n) is 7.50. The van der Waals surface area contributed by atoms with Gasteiger partial charge in [-0.15, -0.1) is 0 Å². The van der Waals surface area contributed by atoms with Gasteiger partial charge < -0.3 is 4.57 Å². The number of hydrogen-bond acceptors (Lipinski definition) is 2. The van der Waals surface area contributed by atoms with Crippen molar-refractivity contribution in [1.82, 2.24) is 4.57 Å². The Morgan fingerprint density at radius 3 is 1.80 bits per heavy atom. The van der Waals surface area contributed by atoms with Crippen LogP contribution in [0.15, 0.2) is 164 Å². The highest BCUT2D eigenvalue weighted by atomic mass is 15.0. The molecule has 9 rings (SSSR count). The first-order valence-electron chi connectivity index (χ1n) is 16.3. The molecule has 3 heteroatoms. The lowest BCUT2D eigenvalue weighted by atomic mass is 9.84. The minimum Gasteiger partial charge on any atom is -0.309 e. The number of hydrogen-bond donors (Lipinski definition) is 0. The lowest BCUT2D eigenvalue weighted by Gasteiger charge is -2.20. The highest BCUT2D eigenvalue weighted by molar-refractivity contribution is 6.16. The van der Waals surface area contributed by atoms with E-state index >= 15 is 0 Å². The van der Waals surface area contributed by atoms with Gasteiger partial charge in [0.2, 0.25) is 0 Å². The van der Waals surface area contributed by atoms with Crippen molar-refractivity contribution < 1.29 is 0 Å². The summed E-state index contributed by atoms with van der Waals surface area (Å²) in [7, 11) is 0. The Morgan fingerprint density at radius 2 is 1.08 bits per heavy atom. The van der Waals surface area contributed by atoms with E-state index in [1.54, 1.807) is 0 Å². The first-order valence-corrected chi connectivity index (χ1v) is 16.3. The molecule has 0 fully saturated rings. The molecule has 3 nitrogen and oxygen atoms in total. The largest absolute Gasteiger partial charge is 0.309 e. The van der Waals surface area contributed by atoms with Crippen LogP contribution >= 0.6 is 0 Å². The van der Waals surface area contributed by atoms with Crippen LogP contribution in [-0.2, 0) is 0 Å². The summed E-state index contributed by atoms with van der Waals surface area (Å²) in [6.07, 6.45) is 0. The van der Waals surface area contributed by atoms with E-state index in [1.165, 1.54) is 10.8 Å². The minimum atomic E-state index is 0.612. The van der Waals surface area contributed by atoms with E-state index in [1.807, 2.05) is 48.5 Å². The van der Waals surface area contributed by atoms with E-state index in [0.717, 1.165) is 71.6 Å². The van der Waals surface area contributed by atoms with Gasteiger partial charge in [-0.05, 0) is 97.9 Å². The molecule has 9 aromatic rings. The van der Waals surface area contributed by atoms with E-state index in [4.69, 9.17) is 0 Å². The number of rotatable bonds is 4. The molecular formula is C46H27N3. The molecule has 0 bridgehead atoms. The van der Waals surface area contributed by atoms with Crippen LogP contribution in [0.2, 0.25) is 0 Å². The molecule has 0 aliphatic heterocycles. The van der Waals surface area contributed by atoms with Gasteiger partial charge in [0.15, 0.2) is 0 Å². The second kappa shape index (κ2) is 11.4. The third-order valence-corrected chi connectivity index (χ3v) is 9.66. The number of para-hydroxylation sites is 2. The zero-order valence-electron chi connectivity index (χ0n) is 26.4. The Morgan fingerprint density at radius 1 is 0.408 bits per heavy atom. The van der Waals surface area contributed by atoms with Gasteiger partial charge in [-0.25, -0.2) is 0 Å². The number of nitriles is 2. The predicted molar refractivity (Wildman–Crippen MR) is 202 cm³/mol. The van der Waals surface area contributed by atoms with E-state index in [2.05, 4.69) is 132 Å². The molecule has 0 radical (unpaired) electrons. The monoisotopic (exact) mass is 621 g/mol. The molecule has 0 aliphatic rings. The van der Waals surface area contributed by atoms with Gasteiger partial charge in [0.05, 0.1) is 34.3 Å². The lowest BCUT2D eigenvalue weighted by molar-refractivity contribution is 1.18. The molecule has 0 N–H and O–H groups in total. The summed E-state index contributed by atoms with van der Waals surface area (Å²) in [5, 5.41) is 26.8. The van der Waals surface area contributed by atoms with Gasteiger partial charge in [0.25, 0.3) is 0 Å². The second-order valence-corrected chi connectivity index (χ2v) is 12.3. The van der Waals surface area contributed by atoms with Gasteiger partial charge in [-0.2, -0.15) is 10.5 Å². The molecule has 1 aromatic heterocycles. The smallest absolute Gasteiger partial charge is 0.0998 e. The average molecular weight is 622 g/mol. The molecule has 226 valence electrons. The standard InChI is InChI=1S/C46H27N3/c47-28-30-21-22-32-26-43(36-15-5-4-14-35(36)41(32)25-30)46-33(29-48)13-10-18-40(46)37-24-23-34(27-42(37)31-11-2-1-3-12-31)49-44-19-8-6-16-38(44)39-17-7-9-20-45(39)49/h1-27H. The van der Waals surface area contributed by atoms with Gasteiger partial charge in [0, 0.05) is 22.0 Å². The molecule has 8 aromatic carbocycles. The van der Waals surface area contributed by atoms with E-state index < -0.39 is 0 Å². The molecule has 49 heavy (non-hydrogen) atoms. The van der Waals surface area contributed by atoms with Crippen LogP contribution in [0.25, 0.3) is 82.4 Å². The molecular weight excluding hydrogens is 595 g/mol. The van der Waals surface area contributed by atoms with Crippen LogP contribution in [0.3, 0.4) is 0 Å². The van der Waals surface area contributed by atoms with Crippen molar-refractivity contribution in [3.8, 4) is 51.2 Å². The van der Waals surface area contributed by atoms with E-state index in [9.17, 15) is 10.5 Å². The molecule has 0 amide bonds. The molecule has 0 saturated heterocycles. The highest BCUT2D eigenvalue weighted by Crippen LogP contribution is 2.45. The Bertz CT molecular complexity index is 2790. The SMILES string of the molecule is N#Cc1ccc2cc(-c3c(C#N)cccc3-c3ccc(-n4c5ccccc5c5ccccc54)cc3-c3ccccc3)c3ccccc3c2c1. The lowest BCUT2D eigenvalue weighted by Crippen LogP contribution is -1.98. The maximum Gasteiger partial charge on any atom is 0.0998 e. The van der Waals surface area contributed by atoms with Crippen molar-refractivity contribution in [2.75, 3.05) is 0 Å². The van der Waals surface area contributed by atoms with Crippen molar-refractivity contribution in [3.05, 3.63) is 175 Å². The number of benzene rings is 8. The maximum absolute atomic E-state index is 10.6. The van der Waals surface area contributed by atoms with Crippen molar-refractivity contribution in [3.63, 3.8) is 0 Å². The third-order valence-electron chi connectivity index (χ3n) is 9.66. The number of fused-ring (bicyclic) bond motifs is 6. The second-order valence-electron chi connectivity index (χ2n) is 12.3. The van der Waals surface area contributed by atoms with Crippen molar-refractivity contribution in [1.29, 1.82) is 10.5 Å². The summed E-state index contributed by atoms with van der Waals surface area (Å²) in [5.41, 5.74) is 10.7. The Balaban J connectivity index is 1.35.